The summed E-state index contributed by atoms with van der Waals surface area (Å²) in [6.07, 6.45) is 4.40. The number of nitrogens with zero attached hydrogens (tertiary/aromatic N) is 4. The summed E-state index contributed by atoms with van der Waals surface area (Å²) in [5.74, 6) is 1.59. The Morgan fingerprint density at radius 1 is 1.32 bits per heavy atom. The third-order valence-electron chi connectivity index (χ3n) is 2.75. The van der Waals surface area contributed by atoms with Gasteiger partial charge in [0.25, 0.3) is 0 Å². The van der Waals surface area contributed by atoms with Gasteiger partial charge in [0.1, 0.15) is 12.2 Å². The first kappa shape index (κ1) is 13.5. The van der Waals surface area contributed by atoms with Gasteiger partial charge >= 0.3 is 0 Å². The molecule has 0 radical (unpaired) electrons. The quantitative estimate of drug-likeness (QED) is 0.815. The molecular weight excluding hydrogens is 242 g/mol. The van der Waals surface area contributed by atoms with E-state index in [1.165, 1.54) is 0 Å². The molecule has 19 heavy (non-hydrogen) atoms. The van der Waals surface area contributed by atoms with E-state index in [1.54, 1.807) is 19.6 Å². The Labute approximate surface area is 112 Å². The molecule has 1 N–H and O–H groups in total. The van der Waals surface area contributed by atoms with Crippen molar-refractivity contribution in [2.45, 2.75) is 33.0 Å². The van der Waals surface area contributed by atoms with E-state index >= 15 is 0 Å². The van der Waals surface area contributed by atoms with Crippen LogP contribution in [0.15, 0.2) is 24.7 Å². The molecule has 0 fully saturated rings. The Hall–Kier alpha value is -1.95. The average Bonchev–Trinajstić information content (AvgIpc) is 2.87. The Balaban J connectivity index is 1.87. The van der Waals surface area contributed by atoms with Crippen LogP contribution >= 0.6 is 0 Å². The van der Waals surface area contributed by atoms with Gasteiger partial charge in [0, 0.05) is 25.4 Å². The van der Waals surface area contributed by atoms with Crippen LogP contribution in [0.3, 0.4) is 0 Å². The molecule has 0 unspecified atom stereocenters. The van der Waals surface area contributed by atoms with Gasteiger partial charge in [-0.3, -0.25) is 0 Å². The van der Waals surface area contributed by atoms with E-state index in [4.69, 9.17) is 4.74 Å². The zero-order valence-electron chi connectivity index (χ0n) is 11.3. The number of aryl methyl sites for hydroxylation is 1. The fraction of sp³-hybridized carbons (Fsp3) is 0.462. The van der Waals surface area contributed by atoms with Crippen LogP contribution in [0.1, 0.15) is 24.7 Å². The molecule has 0 amide bonds. The van der Waals surface area contributed by atoms with E-state index in [-0.39, 0.29) is 0 Å². The van der Waals surface area contributed by atoms with Gasteiger partial charge in [0.2, 0.25) is 5.88 Å². The van der Waals surface area contributed by atoms with Crippen LogP contribution in [0.2, 0.25) is 0 Å². The molecule has 0 atom stereocenters. The van der Waals surface area contributed by atoms with Gasteiger partial charge in [0.15, 0.2) is 0 Å². The molecule has 0 aliphatic rings. The highest BCUT2D eigenvalue weighted by atomic mass is 16.5. The monoisotopic (exact) mass is 261 g/mol. The SMILES string of the molecule is CCCn1ncnc1CNCc1ccnc(OC)c1. The first-order valence-corrected chi connectivity index (χ1v) is 6.39. The molecule has 0 aliphatic heterocycles. The summed E-state index contributed by atoms with van der Waals surface area (Å²) in [4.78, 5) is 8.33. The maximum atomic E-state index is 5.09. The number of pyridine rings is 1. The highest BCUT2D eigenvalue weighted by Crippen LogP contribution is 2.08. The van der Waals surface area contributed by atoms with Gasteiger partial charge in [-0.1, -0.05) is 6.92 Å². The lowest BCUT2D eigenvalue weighted by atomic mass is 10.2. The summed E-state index contributed by atoms with van der Waals surface area (Å²) in [6, 6.07) is 3.88. The summed E-state index contributed by atoms with van der Waals surface area (Å²) in [5, 5.41) is 7.54. The van der Waals surface area contributed by atoms with Gasteiger partial charge in [-0.05, 0) is 18.1 Å². The lowest BCUT2D eigenvalue weighted by Crippen LogP contribution is -2.17. The molecule has 2 aromatic rings. The second-order valence-corrected chi connectivity index (χ2v) is 4.21. The van der Waals surface area contributed by atoms with Crippen molar-refractivity contribution in [2.24, 2.45) is 0 Å². The summed E-state index contributed by atoms with van der Waals surface area (Å²) in [7, 11) is 1.62. The topological polar surface area (TPSA) is 64.9 Å². The van der Waals surface area contributed by atoms with Crippen molar-refractivity contribution >= 4 is 0 Å². The summed E-state index contributed by atoms with van der Waals surface area (Å²) < 4.78 is 7.02. The highest BCUT2D eigenvalue weighted by Gasteiger charge is 2.03. The zero-order chi connectivity index (χ0) is 13.5. The number of rotatable bonds is 7. The van der Waals surface area contributed by atoms with E-state index < -0.39 is 0 Å². The van der Waals surface area contributed by atoms with Gasteiger partial charge in [0.05, 0.1) is 13.7 Å². The zero-order valence-corrected chi connectivity index (χ0v) is 11.3. The summed E-state index contributed by atoms with van der Waals surface area (Å²) >= 11 is 0. The second kappa shape index (κ2) is 6.84. The lowest BCUT2D eigenvalue weighted by Gasteiger charge is -2.07. The van der Waals surface area contributed by atoms with E-state index in [9.17, 15) is 0 Å². The number of hydrogen-bond acceptors (Lipinski definition) is 5. The standard InChI is InChI=1S/C13H19N5O/c1-3-6-18-12(16-10-17-18)9-14-8-11-4-5-15-13(7-11)19-2/h4-5,7,10,14H,3,6,8-9H2,1-2H3. The van der Waals surface area contributed by atoms with Crippen molar-refractivity contribution in [2.75, 3.05) is 7.11 Å². The highest BCUT2D eigenvalue weighted by molar-refractivity contribution is 5.20. The normalized spacial score (nSPS) is 10.6. The Morgan fingerprint density at radius 2 is 2.21 bits per heavy atom. The van der Waals surface area contributed by atoms with Crippen LogP contribution < -0.4 is 10.1 Å². The van der Waals surface area contributed by atoms with Crippen molar-refractivity contribution in [3.05, 3.63) is 36.0 Å². The molecule has 0 saturated carbocycles. The molecule has 2 heterocycles. The van der Waals surface area contributed by atoms with Crippen molar-refractivity contribution in [3.8, 4) is 5.88 Å². The average molecular weight is 261 g/mol. The predicted octanol–water partition coefficient (Wildman–Crippen LogP) is 1.38. The number of aromatic nitrogens is 4. The Kier molecular flexibility index (Phi) is 4.85. The minimum absolute atomic E-state index is 0.633. The molecule has 2 aromatic heterocycles. The van der Waals surface area contributed by atoms with Crippen molar-refractivity contribution < 1.29 is 4.74 Å². The van der Waals surface area contributed by atoms with Crippen LogP contribution in [0.25, 0.3) is 0 Å². The lowest BCUT2D eigenvalue weighted by molar-refractivity contribution is 0.397. The number of ether oxygens (including phenoxy) is 1. The molecule has 6 heteroatoms. The number of methoxy groups -OCH3 is 1. The molecule has 2 rings (SSSR count). The van der Waals surface area contributed by atoms with E-state index in [1.807, 2.05) is 16.8 Å². The molecular formula is C13H19N5O. The molecule has 0 spiro atoms. The molecule has 102 valence electrons. The minimum Gasteiger partial charge on any atom is -0.481 e. The predicted molar refractivity (Wildman–Crippen MR) is 71.6 cm³/mol. The van der Waals surface area contributed by atoms with Crippen LogP contribution in [0.4, 0.5) is 0 Å². The number of hydrogen-bond donors (Lipinski definition) is 1. The van der Waals surface area contributed by atoms with E-state index in [0.717, 1.165) is 30.9 Å². The fourth-order valence-corrected chi connectivity index (χ4v) is 1.81. The van der Waals surface area contributed by atoms with E-state index in [0.29, 0.717) is 12.4 Å². The Bertz CT molecular complexity index is 511. The molecule has 0 bridgehead atoms. The summed E-state index contributed by atoms with van der Waals surface area (Å²) in [6.45, 7) is 4.48. The Morgan fingerprint density at radius 3 is 3.00 bits per heavy atom. The van der Waals surface area contributed by atoms with Crippen LogP contribution in [-0.4, -0.2) is 26.9 Å². The van der Waals surface area contributed by atoms with Gasteiger partial charge in [-0.2, -0.15) is 5.10 Å². The molecule has 0 aliphatic carbocycles. The van der Waals surface area contributed by atoms with Gasteiger partial charge < -0.3 is 10.1 Å². The summed E-state index contributed by atoms with van der Waals surface area (Å²) in [5.41, 5.74) is 1.13. The van der Waals surface area contributed by atoms with Gasteiger partial charge in [-0.15, -0.1) is 0 Å². The maximum Gasteiger partial charge on any atom is 0.213 e. The van der Waals surface area contributed by atoms with Crippen molar-refractivity contribution in [1.29, 1.82) is 0 Å². The molecule has 0 aromatic carbocycles. The largest absolute Gasteiger partial charge is 0.481 e. The number of nitrogens with one attached hydrogen (secondary N) is 1. The molecule has 0 saturated heterocycles. The maximum absolute atomic E-state index is 5.09. The second-order valence-electron chi connectivity index (χ2n) is 4.21. The van der Waals surface area contributed by atoms with Gasteiger partial charge in [-0.25, -0.2) is 14.6 Å². The third-order valence-corrected chi connectivity index (χ3v) is 2.75. The first-order chi connectivity index (χ1) is 9.33. The van der Waals surface area contributed by atoms with Crippen LogP contribution in [-0.2, 0) is 19.6 Å². The first-order valence-electron chi connectivity index (χ1n) is 6.39. The fourth-order valence-electron chi connectivity index (χ4n) is 1.81. The van der Waals surface area contributed by atoms with Crippen molar-refractivity contribution in [3.63, 3.8) is 0 Å². The van der Waals surface area contributed by atoms with Crippen LogP contribution in [0.5, 0.6) is 5.88 Å². The third kappa shape index (κ3) is 3.75. The minimum atomic E-state index is 0.633. The van der Waals surface area contributed by atoms with Crippen molar-refractivity contribution in [1.82, 2.24) is 25.1 Å². The smallest absolute Gasteiger partial charge is 0.213 e. The van der Waals surface area contributed by atoms with Crippen LogP contribution in [0, 0.1) is 0 Å². The molecule has 6 nitrogen and oxygen atoms in total. The van der Waals surface area contributed by atoms with E-state index in [2.05, 4.69) is 27.3 Å².